The first-order chi connectivity index (χ1) is 9.24. The molecular formula is C16H18N2O. The average molecular weight is 254 g/mol. The van der Waals surface area contributed by atoms with E-state index in [1.54, 1.807) is 0 Å². The van der Waals surface area contributed by atoms with Crippen LogP contribution in [0.5, 0.6) is 0 Å². The SMILES string of the molecule is Cc1ccc(C)c(Cn2cccc2C2=NCCO2)c1. The van der Waals surface area contributed by atoms with Crippen molar-refractivity contribution in [3.05, 3.63) is 58.9 Å². The van der Waals surface area contributed by atoms with Crippen LogP contribution in [-0.2, 0) is 11.3 Å². The number of nitrogens with zero attached hydrogens (tertiary/aromatic N) is 2. The summed E-state index contributed by atoms with van der Waals surface area (Å²) < 4.78 is 7.76. The van der Waals surface area contributed by atoms with Gasteiger partial charge in [-0.3, -0.25) is 0 Å². The molecule has 2 aromatic rings. The number of aromatic nitrogens is 1. The van der Waals surface area contributed by atoms with Crippen LogP contribution >= 0.6 is 0 Å². The molecule has 0 saturated heterocycles. The van der Waals surface area contributed by atoms with Crippen molar-refractivity contribution in [2.24, 2.45) is 4.99 Å². The van der Waals surface area contributed by atoms with E-state index in [-0.39, 0.29) is 0 Å². The van der Waals surface area contributed by atoms with E-state index in [9.17, 15) is 0 Å². The molecule has 1 aromatic carbocycles. The second-order valence-electron chi connectivity index (χ2n) is 4.99. The topological polar surface area (TPSA) is 26.5 Å². The van der Waals surface area contributed by atoms with Gasteiger partial charge in [-0.25, -0.2) is 4.99 Å². The minimum Gasteiger partial charge on any atom is -0.474 e. The summed E-state index contributed by atoms with van der Waals surface area (Å²) in [5.41, 5.74) is 5.03. The Morgan fingerprint density at radius 3 is 2.95 bits per heavy atom. The number of hydrogen-bond acceptors (Lipinski definition) is 2. The molecule has 0 N–H and O–H groups in total. The largest absolute Gasteiger partial charge is 0.474 e. The Labute approximate surface area is 113 Å². The maximum Gasteiger partial charge on any atom is 0.233 e. The van der Waals surface area contributed by atoms with E-state index < -0.39 is 0 Å². The maximum absolute atomic E-state index is 5.56. The molecule has 2 heterocycles. The van der Waals surface area contributed by atoms with Crippen molar-refractivity contribution in [3.63, 3.8) is 0 Å². The Hall–Kier alpha value is -2.03. The molecule has 0 radical (unpaired) electrons. The van der Waals surface area contributed by atoms with E-state index in [1.807, 2.05) is 6.07 Å². The molecule has 3 rings (SSSR count). The number of ether oxygens (including phenoxy) is 1. The van der Waals surface area contributed by atoms with Crippen molar-refractivity contribution in [2.75, 3.05) is 13.2 Å². The first-order valence-corrected chi connectivity index (χ1v) is 6.63. The summed E-state index contributed by atoms with van der Waals surface area (Å²) in [6.45, 7) is 6.61. The van der Waals surface area contributed by atoms with Gasteiger partial charge in [0.05, 0.1) is 6.54 Å². The monoisotopic (exact) mass is 254 g/mol. The van der Waals surface area contributed by atoms with E-state index in [0.29, 0.717) is 6.61 Å². The van der Waals surface area contributed by atoms with Crippen molar-refractivity contribution in [3.8, 4) is 0 Å². The quantitative estimate of drug-likeness (QED) is 0.827. The molecule has 0 spiro atoms. The molecule has 98 valence electrons. The summed E-state index contributed by atoms with van der Waals surface area (Å²) in [4.78, 5) is 4.39. The van der Waals surface area contributed by atoms with E-state index >= 15 is 0 Å². The molecule has 1 aromatic heterocycles. The van der Waals surface area contributed by atoms with Crippen molar-refractivity contribution in [1.29, 1.82) is 0 Å². The Morgan fingerprint density at radius 2 is 2.16 bits per heavy atom. The van der Waals surface area contributed by atoms with Crippen LogP contribution in [0.25, 0.3) is 0 Å². The first kappa shape index (κ1) is 12.0. The summed E-state index contributed by atoms with van der Waals surface area (Å²) in [7, 11) is 0. The highest BCUT2D eigenvalue weighted by Gasteiger charge is 2.14. The van der Waals surface area contributed by atoms with Gasteiger partial charge in [-0.1, -0.05) is 23.8 Å². The van der Waals surface area contributed by atoms with Crippen molar-refractivity contribution in [1.82, 2.24) is 4.57 Å². The fourth-order valence-corrected chi connectivity index (χ4v) is 2.39. The smallest absolute Gasteiger partial charge is 0.233 e. The zero-order chi connectivity index (χ0) is 13.2. The van der Waals surface area contributed by atoms with Crippen molar-refractivity contribution in [2.45, 2.75) is 20.4 Å². The number of rotatable bonds is 3. The molecular weight excluding hydrogens is 236 g/mol. The number of hydrogen-bond donors (Lipinski definition) is 0. The maximum atomic E-state index is 5.56. The van der Waals surface area contributed by atoms with Crippen LogP contribution in [-0.4, -0.2) is 23.6 Å². The molecule has 3 nitrogen and oxygen atoms in total. The van der Waals surface area contributed by atoms with Gasteiger partial charge in [-0.2, -0.15) is 0 Å². The molecule has 0 aliphatic carbocycles. The molecule has 3 heteroatoms. The summed E-state index contributed by atoms with van der Waals surface area (Å²) >= 11 is 0. The lowest BCUT2D eigenvalue weighted by atomic mass is 10.1. The van der Waals surface area contributed by atoms with Gasteiger partial charge in [-0.05, 0) is 37.1 Å². The van der Waals surface area contributed by atoms with E-state index in [0.717, 1.165) is 24.7 Å². The molecule has 0 atom stereocenters. The Morgan fingerprint density at radius 1 is 1.26 bits per heavy atom. The minimum absolute atomic E-state index is 0.698. The van der Waals surface area contributed by atoms with Crippen LogP contribution in [0, 0.1) is 13.8 Å². The zero-order valence-corrected chi connectivity index (χ0v) is 11.4. The van der Waals surface area contributed by atoms with Gasteiger partial charge in [0.2, 0.25) is 5.90 Å². The van der Waals surface area contributed by atoms with Crippen LogP contribution in [0.3, 0.4) is 0 Å². The Bertz CT molecular complexity index is 625. The van der Waals surface area contributed by atoms with Crippen LogP contribution < -0.4 is 0 Å². The first-order valence-electron chi connectivity index (χ1n) is 6.63. The lowest BCUT2D eigenvalue weighted by molar-refractivity contribution is 0.346. The highest BCUT2D eigenvalue weighted by Crippen LogP contribution is 2.16. The number of aryl methyl sites for hydroxylation is 2. The molecule has 0 amide bonds. The Balaban J connectivity index is 1.91. The second-order valence-corrected chi connectivity index (χ2v) is 4.99. The van der Waals surface area contributed by atoms with Crippen LogP contribution in [0.15, 0.2) is 41.5 Å². The van der Waals surface area contributed by atoms with Gasteiger partial charge in [0.25, 0.3) is 0 Å². The molecule has 0 saturated carbocycles. The third-order valence-corrected chi connectivity index (χ3v) is 3.48. The summed E-state index contributed by atoms with van der Waals surface area (Å²) in [6.07, 6.45) is 2.08. The normalized spacial score (nSPS) is 14.3. The molecule has 1 aliphatic heterocycles. The van der Waals surface area contributed by atoms with Crippen molar-refractivity contribution >= 4 is 5.90 Å². The van der Waals surface area contributed by atoms with Crippen LogP contribution in [0.4, 0.5) is 0 Å². The van der Waals surface area contributed by atoms with Gasteiger partial charge in [-0.15, -0.1) is 0 Å². The minimum atomic E-state index is 0.698. The highest BCUT2D eigenvalue weighted by atomic mass is 16.5. The standard InChI is InChI=1S/C16H18N2O/c1-12-5-6-13(2)14(10-12)11-18-8-3-4-15(18)16-17-7-9-19-16/h3-6,8,10H,7,9,11H2,1-2H3. The third kappa shape index (κ3) is 2.41. The second kappa shape index (κ2) is 4.92. The molecule has 0 unspecified atom stereocenters. The predicted molar refractivity (Wildman–Crippen MR) is 76.8 cm³/mol. The molecule has 1 aliphatic rings. The van der Waals surface area contributed by atoms with Gasteiger partial charge >= 0.3 is 0 Å². The third-order valence-electron chi connectivity index (χ3n) is 3.48. The van der Waals surface area contributed by atoms with Crippen LogP contribution in [0.1, 0.15) is 22.4 Å². The number of benzene rings is 1. The van der Waals surface area contributed by atoms with Crippen molar-refractivity contribution < 1.29 is 4.74 Å². The highest BCUT2D eigenvalue weighted by molar-refractivity contribution is 5.93. The predicted octanol–water partition coefficient (Wildman–Crippen LogP) is 2.93. The molecule has 19 heavy (non-hydrogen) atoms. The van der Waals surface area contributed by atoms with E-state index in [4.69, 9.17) is 4.74 Å². The fraction of sp³-hybridized carbons (Fsp3) is 0.312. The van der Waals surface area contributed by atoms with Gasteiger partial charge in [0.1, 0.15) is 12.3 Å². The Kier molecular flexibility index (Phi) is 3.11. The summed E-state index contributed by atoms with van der Waals surface area (Å²) in [6, 6.07) is 10.7. The van der Waals surface area contributed by atoms with Crippen LogP contribution in [0.2, 0.25) is 0 Å². The summed E-state index contributed by atoms with van der Waals surface area (Å²) in [5.74, 6) is 0.773. The lowest BCUT2D eigenvalue weighted by Crippen LogP contribution is -2.11. The average Bonchev–Trinajstić information content (AvgIpc) is 3.03. The summed E-state index contributed by atoms with van der Waals surface area (Å²) in [5, 5.41) is 0. The molecule has 0 bridgehead atoms. The van der Waals surface area contributed by atoms with Gasteiger partial charge in [0.15, 0.2) is 0 Å². The lowest BCUT2D eigenvalue weighted by Gasteiger charge is -2.12. The van der Waals surface area contributed by atoms with Gasteiger partial charge < -0.3 is 9.30 Å². The van der Waals surface area contributed by atoms with E-state index in [2.05, 4.69) is 53.9 Å². The van der Waals surface area contributed by atoms with E-state index in [1.165, 1.54) is 16.7 Å². The zero-order valence-electron chi connectivity index (χ0n) is 11.4. The van der Waals surface area contributed by atoms with Gasteiger partial charge in [0, 0.05) is 12.7 Å². The fourth-order valence-electron chi connectivity index (χ4n) is 2.39. The molecule has 0 fully saturated rings. The number of aliphatic imine (C=N–C) groups is 1.